The van der Waals surface area contributed by atoms with E-state index in [4.69, 9.17) is 11.6 Å². The molecule has 2 aromatic rings. The van der Waals surface area contributed by atoms with Crippen molar-refractivity contribution in [3.63, 3.8) is 0 Å². The quantitative estimate of drug-likeness (QED) is 0.822. The molecular formula is C15H19ClF3N5O. The highest BCUT2D eigenvalue weighted by atomic mass is 35.5. The molecule has 0 saturated heterocycles. The molecule has 2 aromatic heterocycles. The molecule has 138 valence electrons. The SMILES string of the molecule is CCn1nc(C)c(CN(C)C(=O)c2c(Cl)c(C(F)(F)F)nn2C)c1C. The molecule has 0 aromatic carbocycles. The van der Waals surface area contributed by atoms with Crippen molar-refractivity contribution in [3.05, 3.63) is 33.4 Å². The van der Waals surface area contributed by atoms with Crippen molar-refractivity contribution in [1.29, 1.82) is 0 Å². The third-order valence-electron chi connectivity index (χ3n) is 4.03. The Balaban J connectivity index is 2.33. The fourth-order valence-electron chi connectivity index (χ4n) is 2.67. The summed E-state index contributed by atoms with van der Waals surface area (Å²) in [4.78, 5) is 13.9. The number of carbonyl (C=O) groups is 1. The minimum Gasteiger partial charge on any atom is -0.336 e. The van der Waals surface area contributed by atoms with Gasteiger partial charge < -0.3 is 4.90 Å². The van der Waals surface area contributed by atoms with E-state index in [0.717, 1.165) is 21.6 Å². The maximum atomic E-state index is 12.9. The van der Waals surface area contributed by atoms with Gasteiger partial charge in [-0.3, -0.25) is 14.2 Å². The van der Waals surface area contributed by atoms with Crippen LogP contribution < -0.4 is 0 Å². The van der Waals surface area contributed by atoms with Crippen LogP contribution >= 0.6 is 11.6 Å². The van der Waals surface area contributed by atoms with Gasteiger partial charge >= 0.3 is 6.18 Å². The number of amides is 1. The Morgan fingerprint density at radius 3 is 2.32 bits per heavy atom. The predicted molar refractivity (Wildman–Crippen MR) is 86.4 cm³/mol. The highest BCUT2D eigenvalue weighted by Gasteiger charge is 2.40. The van der Waals surface area contributed by atoms with Gasteiger partial charge in [0.15, 0.2) is 5.69 Å². The van der Waals surface area contributed by atoms with Gasteiger partial charge in [-0.15, -0.1) is 0 Å². The van der Waals surface area contributed by atoms with E-state index in [1.807, 2.05) is 25.5 Å². The Hall–Kier alpha value is -2.03. The first-order chi connectivity index (χ1) is 11.5. The zero-order valence-electron chi connectivity index (χ0n) is 14.6. The number of hydrogen-bond acceptors (Lipinski definition) is 3. The van der Waals surface area contributed by atoms with Gasteiger partial charge in [0.05, 0.1) is 5.69 Å². The third-order valence-corrected chi connectivity index (χ3v) is 4.39. The Morgan fingerprint density at radius 2 is 1.88 bits per heavy atom. The summed E-state index contributed by atoms with van der Waals surface area (Å²) in [5.74, 6) is -0.640. The van der Waals surface area contributed by atoms with Crippen molar-refractivity contribution < 1.29 is 18.0 Å². The smallest absolute Gasteiger partial charge is 0.336 e. The monoisotopic (exact) mass is 377 g/mol. The van der Waals surface area contributed by atoms with E-state index in [0.29, 0.717) is 6.54 Å². The van der Waals surface area contributed by atoms with E-state index in [1.54, 1.807) is 0 Å². The molecule has 0 aliphatic rings. The van der Waals surface area contributed by atoms with Crippen molar-refractivity contribution in [1.82, 2.24) is 24.5 Å². The number of hydrogen-bond donors (Lipinski definition) is 0. The number of alkyl halides is 3. The summed E-state index contributed by atoms with van der Waals surface area (Å²) >= 11 is 5.78. The average molecular weight is 378 g/mol. The Kier molecular flexibility index (Phi) is 5.17. The van der Waals surface area contributed by atoms with Gasteiger partial charge in [-0.05, 0) is 20.8 Å². The maximum absolute atomic E-state index is 12.9. The lowest BCUT2D eigenvalue weighted by atomic mass is 10.2. The number of nitrogens with zero attached hydrogens (tertiary/aromatic N) is 5. The lowest BCUT2D eigenvalue weighted by Gasteiger charge is -2.18. The van der Waals surface area contributed by atoms with Gasteiger partial charge in [-0.25, -0.2) is 0 Å². The molecule has 0 aliphatic carbocycles. The van der Waals surface area contributed by atoms with Crippen molar-refractivity contribution in [2.45, 2.75) is 40.0 Å². The molecule has 1 amide bonds. The first-order valence-corrected chi connectivity index (χ1v) is 7.94. The van der Waals surface area contributed by atoms with Gasteiger partial charge in [0.25, 0.3) is 5.91 Å². The van der Waals surface area contributed by atoms with Gasteiger partial charge in [0.1, 0.15) is 10.7 Å². The number of aryl methyl sites for hydroxylation is 3. The first kappa shape index (κ1) is 19.3. The topological polar surface area (TPSA) is 56.0 Å². The number of halogens is 4. The van der Waals surface area contributed by atoms with Crippen molar-refractivity contribution in [2.24, 2.45) is 7.05 Å². The Bertz CT molecular complexity index is 809. The molecule has 0 radical (unpaired) electrons. The lowest BCUT2D eigenvalue weighted by Crippen LogP contribution is -2.28. The van der Waals surface area contributed by atoms with Crippen molar-refractivity contribution in [3.8, 4) is 0 Å². The average Bonchev–Trinajstić information content (AvgIpc) is 2.96. The van der Waals surface area contributed by atoms with Crippen LogP contribution in [-0.4, -0.2) is 37.4 Å². The minimum absolute atomic E-state index is 0.208. The normalized spacial score (nSPS) is 11.9. The van der Waals surface area contributed by atoms with E-state index < -0.39 is 22.8 Å². The molecule has 0 unspecified atom stereocenters. The van der Waals surface area contributed by atoms with Crippen molar-refractivity contribution in [2.75, 3.05) is 7.05 Å². The number of aromatic nitrogens is 4. The highest BCUT2D eigenvalue weighted by molar-refractivity contribution is 6.34. The second-order valence-electron chi connectivity index (χ2n) is 5.76. The third kappa shape index (κ3) is 3.51. The summed E-state index contributed by atoms with van der Waals surface area (Å²) in [5.41, 5.74) is 0.971. The predicted octanol–water partition coefficient (Wildman–Crippen LogP) is 3.20. The van der Waals surface area contributed by atoms with E-state index in [2.05, 4.69) is 10.2 Å². The minimum atomic E-state index is -4.72. The molecule has 0 spiro atoms. The molecule has 0 N–H and O–H groups in total. The van der Waals surface area contributed by atoms with E-state index in [1.165, 1.54) is 19.0 Å². The number of carbonyl (C=O) groups excluding carboxylic acids is 1. The molecule has 2 rings (SSSR count). The fourth-order valence-corrected chi connectivity index (χ4v) is 3.02. The molecule has 0 bridgehead atoms. The van der Waals surface area contributed by atoms with Crippen LogP contribution in [0.2, 0.25) is 5.02 Å². The molecule has 2 heterocycles. The maximum Gasteiger partial charge on any atom is 0.436 e. The Labute approximate surface area is 148 Å². The van der Waals surface area contributed by atoms with Crippen LogP contribution in [0.5, 0.6) is 0 Å². The van der Waals surface area contributed by atoms with Crippen LogP contribution in [0.1, 0.15) is 40.1 Å². The summed E-state index contributed by atoms with van der Waals surface area (Å²) in [6.07, 6.45) is -4.72. The van der Waals surface area contributed by atoms with Crippen LogP contribution in [-0.2, 0) is 26.3 Å². The number of rotatable bonds is 4. The zero-order chi connectivity index (χ0) is 19.1. The standard InChI is InChI=1S/C15H19ClF3N5O/c1-6-24-9(3)10(8(2)20-24)7-22(4)14(25)12-11(16)13(15(17,18)19)21-23(12)5/h6-7H2,1-5H3. The second-order valence-corrected chi connectivity index (χ2v) is 6.14. The van der Waals surface area contributed by atoms with Gasteiger partial charge in [-0.1, -0.05) is 11.6 Å². The molecule has 10 heteroatoms. The summed E-state index contributed by atoms with van der Waals surface area (Å²) in [5, 5.41) is 7.02. The summed E-state index contributed by atoms with van der Waals surface area (Å²) in [6.45, 7) is 6.56. The largest absolute Gasteiger partial charge is 0.436 e. The van der Waals surface area contributed by atoms with Gasteiger partial charge in [0.2, 0.25) is 0 Å². The molecular weight excluding hydrogens is 359 g/mol. The van der Waals surface area contributed by atoms with Crippen LogP contribution in [0.15, 0.2) is 0 Å². The van der Waals surface area contributed by atoms with E-state index >= 15 is 0 Å². The van der Waals surface area contributed by atoms with E-state index in [9.17, 15) is 18.0 Å². The zero-order valence-corrected chi connectivity index (χ0v) is 15.3. The first-order valence-electron chi connectivity index (χ1n) is 7.57. The van der Waals surface area contributed by atoms with Crippen LogP contribution in [0.4, 0.5) is 13.2 Å². The second kappa shape index (κ2) is 6.70. The molecule has 0 atom stereocenters. The molecule has 0 fully saturated rings. The van der Waals surface area contributed by atoms with Gasteiger partial charge in [-0.2, -0.15) is 23.4 Å². The summed E-state index contributed by atoms with van der Waals surface area (Å²) < 4.78 is 41.4. The van der Waals surface area contributed by atoms with Gasteiger partial charge in [0, 0.05) is 38.4 Å². The summed E-state index contributed by atoms with van der Waals surface area (Å²) in [7, 11) is 2.76. The summed E-state index contributed by atoms with van der Waals surface area (Å²) in [6, 6.07) is 0. The fraction of sp³-hybridized carbons (Fsp3) is 0.533. The van der Waals surface area contributed by atoms with Crippen LogP contribution in [0, 0.1) is 13.8 Å². The lowest BCUT2D eigenvalue weighted by molar-refractivity contribution is -0.141. The van der Waals surface area contributed by atoms with E-state index in [-0.39, 0.29) is 12.2 Å². The van der Waals surface area contributed by atoms with Crippen LogP contribution in [0.25, 0.3) is 0 Å². The molecule has 0 aliphatic heterocycles. The molecule has 6 nitrogen and oxygen atoms in total. The molecule has 25 heavy (non-hydrogen) atoms. The highest BCUT2D eigenvalue weighted by Crippen LogP contribution is 2.35. The Morgan fingerprint density at radius 1 is 1.28 bits per heavy atom. The van der Waals surface area contributed by atoms with Crippen molar-refractivity contribution >= 4 is 17.5 Å². The van der Waals surface area contributed by atoms with Crippen LogP contribution in [0.3, 0.4) is 0 Å². The molecule has 0 saturated carbocycles.